The van der Waals surface area contributed by atoms with Gasteiger partial charge in [-0.2, -0.15) is 0 Å². The molecule has 0 fully saturated rings. The van der Waals surface area contributed by atoms with Gasteiger partial charge in [0.25, 0.3) is 0 Å². The highest BCUT2D eigenvalue weighted by Crippen LogP contribution is 2.11. The van der Waals surface area contributed by atoms with E-state index >= 15 is 0 Å². The van der Waals surface area contributed by atoms with Crippen LogP contribution in [-0.4, -0.2) is 0 Å². The summed E-state index contributed by atoms with van der Waals surface area (Å²) in [5, 5.41) is 0. The summed E-state index contributed by atoms with van der Waals surface area (Å²) in [6, 6.07) is 10.3. The molecular weight excluding hydrogens is 168 g/mol. The summed E-state index contributed by atoms with van der Waals surface area (Å²) in [6.07, 6.45) is 14.5. The molecule has 1 aromatic carbocycles. The second-order valence-corrected chi connectivity index (χ2v) is 3.19. The first kappa shape index (κ1) is 9.01. The fourth-order valence-electron chi connectivity index (χ4n) is 1.35. The van der Waals surface area contributed by atoms with Crippen LogP contribution < -0.4 is 0 Å². The summed E-state index contributed by atoms with van der Waals surface area (Å²) >= 11 is 0. The zero-order valence-corrected chi connectivity index (χ0v) is 7.98. The van der Waals surface area contributed by atoms with Crippen LogP contribution >= 0.6 is 0 Å². The monoisotopic (exact) mass is 180 g/mol. The van der Waals surface area contributed by atoms with Gasteiger partial charge in [0.1, 0.15) is 0 Å². The lowest BCUT2D eigenvalue weighted by Gasteiger charge is -1.99. The highest BCUT2D eigenvalue weighted by molar-refractivity contribution is 5.55. The summed E-state index contributed by atoms with van der Waals surface area (Å²) in [6.45, 7) is 0. The van der Waals surface area contributed by atoms with E-state index in [9.17, 15) is 0 Å². The number of benzene rings is 1. The fourth-order valence-corrected chi connectivity index (χ4v) is 1.35. The van der Waals surface area contributed by atoms with Gasteiger partial charge >= 0.3 is 0 Å². The van der Waals surface area contributed by atoms with Crippen molar-refractivity contribution < 1.29 is 0 Å². The van der Waals surface area contributed by atoms with Crippen molar-refractivity contribution in [3.8, 4) is 0 Å². The predicted octanol–water partition coefficient (Wildman–Crippen LogP) is 3.67. The van der Waals surface area contributed by atoms with Gasteiger partial charge in [-0.25, -0.2) is 0 Å². The van der Waals surface area contributed by atoms with Crippen molar-refractivity contribution in [2.24, 2.45) is 0 Å². The minimum absolute atomic E-state index is 0.922. The molecule has 0 bridgehead atoms. The van der Waals surface area contributed by atoms with Crippen molar-refractivity contribution in [3.63, 3.8) is 0 Å². The van der Waals surface area contributed by atoms with Gasteiger partial charge in [0.2, 0.25) is 0 Å². The van der Waals surface area contributed by atoms with Gasteiger partial charge in [0, 0.05) is 6.42 Å². The Balaban J connectivity index is 2.07. The Bertz CT molecular complexity index is 366. The average molecular weight is 180 g/mol. The molecule has 2 rings (SSSR count). The first-order valence-electron chi connectivity index (χ1n) is 4.78. The van der Waals surface area contributed by atoms with Gasteiger partial charge < -0.3 is 0 Å². The molecule has 68 valence electrons. The average Bonchev–Trinajstić information content (AvgIpc) is 2.29. The molecule has 0 amide bonds. The standard InChI is InChI=1S/C14H12/c1-3-7-13(8-4-1)11-12-14-9-5-2-6-10-14/h1,3-5,7-12H,6H2. The van der Waals surface area contributed by atoms with Crippen LogP contribution in [0.4, 0.5) is 0 Å². The molecule has 0 nitrogen and oxygen atoms in total. The van der Waals surface area contributed by atoms with Gasteiger partial charge in [-0.3, -0.25) is 0 Å². The van der Waals surface area contributed by atoms with E-state index in [4.69, 9.17) is 0 Å². The van der Waals surface area contributed by atoms with E-state index in [1.165, 1.54) is 11.1 Å². The van der Waals surface area contributed by atoms with Gasteiger partial charge in [-0.1, -0.05) is 60.7 Å². The molecule has 0 unspecified atom stereocenters. The van der Waals surface area contributed by atoms with Gasteiger partial charge in [0.15, 0.2) is 0 Å². The second kappa shape index (κ2) is 4.61. The molecule has 1 aliphatic carbocycles. The number of allylic oxidation sites excluding steroid dienone is 5. The molecule has 0 saturated carbocycles. The molecule has 0 spiro atoms. The van der Waals surface area contributed by atoms with E-state index in [1.807, 2.05) is 24.3 Å². The molecule has 0 heteroatoms. The van der Waals surface area contributed by atoms with Crippen molar-refractivity contribution in [1.82, 2.24) is 0 Å². The molecule has 0 aromatic heterocycles. The summed E-state index contributed by atoms with van der Waals surface area (Å²) in [4.78, 5) is 0. The Kier molecular flexibility index (Phi) is 2.97. The molecule has 1 aliphatic rings. The molecule has 0 atom stereocenters. The van der Waals surface area contributed by atoms with E-state index in [0.717, 1.165) is 6.42 Å². The second-order valence-electron chi connectivity index (χ2n) is 3.19. The smallest absolute Gasteiger partial charge is 0.0125 e. The fraction of sp³-hybridized carbons (Fsp3) is 0.0714. The molecule has 14 heavy (non-hydrogen) atoms. The van der Waals surface area contributed by atoms with Crippen LogP contribution in [0.2, 0.25) is 0 Å². The molecule has 0 N–H and O–H groups in total. The van der Waals surface area contributed by atoms with Crippen LogP contribution in [0.3, 0.4) is 0 Å². The Hall–Kier alpha value is -1.56. The summed E-state index contributed by atoms with van der Waals surface area (Å²) < 4.78 is 0. The van der Waals surface area contributed by atoms with Crippen LogP contribution in [0.25, 0.3) is 6.08 Å². The lowest BCUT2D eigenvalue weighted by Crippen LogP contribution is -1.80. The summed E-state index contributed by atoms with van der Waals surface area (Å²) in [5.41, 5.74) is 2.49. The lowest BCUT2D eigenvalue weighted by molar-refractivity contribution is 1.24. The maximum Gasteiger partial charge on any atom is 0.0125 e. The Morgan fingerprint density at radius 2 is 1.93 bits per heavy atom. The van der Waals surface area contributed by atoms with Gasteiger partial charge in [-0.05, 0) is 17.6 Å². The molecule has 0 heterocycles. The van der Waals surface area contributed by atoms with Gasteiger partial charge in [-0.15, -0.1) is 0 Å². The number of hydrogen-bond acceptors (Lipinski definition) is 0. The Morgan fingerprint density at radius 1 is 1.07 bits per heavy atom. The van der Waals surface area contributed by atoms with Crippen LogP contribution in [0.15, 0.2) is 60.2 Å². The van der Waals surface area contributed by atoms with E-state index in [0.29, 0.717) is 0 Å². The van der Waals surface area contributed by atoms with Crippen molar-refractivity contribution in [3.05, 3.63) is 72.2 Å². The van der Waals surface area contributed by atoms with Crippen molar-refractivity contribution in [2.45, 2.75) is 6.42 Å². The summed E-state index contributed by atoms with van der Waals surface area (Å²) in [5.74, 6) is 0. The minimum atomic E-state index is 0.922. The van der Waals surface area contributed by atoms with Crippen LogP contribution in [0, 0.1) is 6.42 Å². The molecule has 0 aliphatic heterocycles. The van der Waals surface area contributed by atoms with E-state index in [1.54, 1.807) is 0 Å². The molecule has 2 radical (unpaired) electrons. The quantitative estimate of drug-likeness (QED) is 0.651. The Morgan fingerprint density at radius 3 is 2.64 bits per heavy atom. The van der Waals surface area contributed by atoms with Crippen LogP contribution in [-0.2, 0) is 0 Å². The van der Waals surface area contributed by atoms with Crippen LogP contribution in [0.1, 0.15) is 12.0 Å². The normalized spacial score (nSPS) is 15.9. The SMILES string of the molecule is [C]1C=CC(C=Cc2ccccc2)=CC1. The molecular formula is C14H12. The molecule has 0 saturated heterocycles. The zero-order valence-electron chi connectivity index (χ0n) is 7.98. The third-order valence-corrected chi connectivity index (χ3v) is 2.12. The zero-order chi connectivity index (χ0) is 9.64. The Labute approximate surface area is 85.3 Å². The highest BCUT2D eigenvalue weighted by atomic mass is 14.0. The minimum Gasteiger partial charge on any atom is -0.0763 e. The van der Waals surface area contributed by atoms with E-state index < -0.39 is 0 Å². The third kappa shape index (κ3) is 2.46. The maximum absolute atomic E-state index is 3.12. The van der Waals surface area contributed by atoms with Crippen LogP contribution in [0.5, 0.6) is 0 Å². The largest absolute Gasteiger partial charge is 0.0763 e. The van der Waals surface area contributed by atoms with Crippen molar-refractivity contribution in [1.29, 1.82) is 0 Å². The van der Waals surface area contributed by atoms with Gasteiger partial charge in [0.05, 0.1) is 0 Å². The number of hydrogen-bond donors (Lipinski definition) is 0. The van der Waals surface area contributed by atoms with E-state index in [-0.39, 0.29) is 0 Å². The lowest BCUT2D eigenvalue weighted by atomic mass is 10.1. The van der Waals surface area contributed by atoms with E-state index in [2.05, 4.69) is 42.9 Å². The maximum atomic E-state index is 3.12. The third-order valence-electron chi connectivity index (χ3n) is 2.12. The summed E-state index contributed by atoms with van der Waals surface area (Å²) in [7, 11) is 0. The van der Waals surface area contributed by atoms with Crippen molar-refractivity contribution in [2.75, 3.05) is 0 Å². The highest BCUT2D eigenvalue weighted by Gasteiger charge is 1.92. The number of rotatable bonds is 2. The first-order valence-corrected chi connectivity index (χ1v) is 4.78. The van der Waals surface area contributed by atoms with Crippen molar-refractivity contribution >= 4 is 6.08 Å². The topological polar surface area (TPSA) is 0 Å². The predicted molar refractivity (Wildman–Crippen MR) is 60.6 cm³/mol. The first-order chi connectivity index (χ1) is 6.95. The molecule has 1 aromatic rings.